The van der Waals surface area contributed by atoms with E-state index in [0.29, 0.717) is 24.8 Å². The smallest absolute Gasteiger partial charge is 0.204 e. The van der Waals surface area contributed by atoms with E-state index in [1.54, 1.807) is 6.08 Å². The molecule has 120 valence electrons. The summed E-state index contributed by atoms with van der Waals surface area (Å²) in [6.45, 7) is 3.70. The van der Waals surface area contributed by atoms with Gasteiger partial charge in [0, 0.05) is 17.3 Å². The van der Waals surface area contributed by atoms with E-state index in [1.807, 2.05) is 13.8 Å². The Morgan fingerprint density at radius 3 is 2.82 bits per heavy atom. The van der Waals surface area contributed by atoms with Crippen LogP contribution in [-0.2, 0) is 9.59 Å². The molecule has 0 aromatic heterocycles. The van der Waals surface area contributed by atoms with Crippen LogP contribution in [0.25, 0.3) is 0 Å². The molecule has 1 N–H and O–H groups in total. The third kappa shape index (κ3) is 1.72. The van der Waals surface area contributed by atoms with Gasteiger partial charge < -0.3 is 5.11 Å². The van der Waals surface area contributed by atoms with Crippen molar-refractivity contribution in [3.05, 3.63) is 11.6 Å². The van der Waals surface area contributed by atoms with Crippen LogP contribution in [0.5, 0.6) is 0 Å². The van der Waals surface area contributed by atoms with Crippen molar-refractivity contribution in [3.63, 3.8) is 0 Å². The zero-order valence-electron chi connectivity index (χ0n) is 18.1. The molecule has 3 nitrogen and oxygen atoms in total. The zero-order valence-corrected chi connectivity index (χ0v) is 13.1. The Balaban J connectivity index is 1.82. The average Bonchev–Trinajstić information content (AvgIpc) is 2.76. The van der Waals surface area contributed by atoms with Crippen LogP contribution in [0.4, 0.5) is 0 Å². The van der Waals surface area contributed by atoms with Crippen molar-refractivity contribution in [1.29, 1.82) is 0 Å². The van der Waals surface area contributed by atoms with E-state index in [4.69, 9.17) is 6.85 Å². The molecule has 0 radical (unpaired) electrons. The van der Waals surface area contributed by atoms with Crippen molar-refractivity contribution in [1.82, 2.24) is 0 Å². The van der Waals surface area contributed by atoms with Gasteiger partial charge in [-0.1, -0.05) is 25.5 Å². The van der Waals surface area contributed by atoms with Crippen LogP contribution in [0, 0.1) is 28.6 Å². The predicted molar refractivity (Wildman–Crippen MR) is 83.1 cm³/mol. The van der Waals surface area contributed by atoms with Crippen molar-refractivity contribution in [2.45, 2.75) is 64.8 Å². The van der Waals surface area contributed by atoms with E-state index < -0.39 is 29.7 Å². The molecule has 4 aliphatic rings. The lowest BCUT2D eigenvalue weighted by Gasteiger charge is -2.56. The summed E-state index contributed by atoms with van der Waals surface area (Å²) in [5, 5.41) is 10.4. The molecule has 0 aliphatic heterocycles. The molecule has 0 aromatic carbocycles. The number of allylic oxidation sites excluding steroid dienone is 1. The minimum Gasteiger partial charge on any atom is -0.393 e. The first-order chi connectivity index (χ1) is 12.2. The van der Waals surface area contributed by atoms with E-state index >= 15 is 0 Å². The predicted octanol–water partition coefficient (Wildman–Crippen LogP) is 3.06. The van der Waals surface area contributed by atoms with Gasteiger partial charge in [0.25, 0.3) is 0 Å². The summed E-state index contributed by atoms with van der Waals surface area (Å²) < 4.78 is 41.3. The zero-order chi connectivity index (χ0) is 20.2. The van der Waals surface area contributed by atoms with Crippen LogP contribution in [0.1, 0.15) is 65.6 Å². The van der Waals surface area contributed by atoms with Gasteiger partial charge in [0.2, 0.25) is 5.78 Å². The van der Waals surface area contributed by atoms with E-state index in [-0.39, 0.29) is 42.2 Å². The summed E-state index contributed by atoms with van der Waals surface area (Å²) in [6, 6.07) is 0. The minimum absolute atomic E-state index is 0.0106. The quantitative estimate of drug-likeness (QED) is 0.553. The third-order valence-electron chi connectivity index (χ3n) is 6.91. The third-order valence-corrected chi connectivity index (χ3v) is 6.91. The Kier molecular flexibility index (Phi) is 2.06. The van der Waals surface area contributed by atoms with Crippen molar-refractivity contribution >= 4 is 11.6 Å². The number of hydrogen-bond donors (Lipinski definition) is 1. The highest BCUT2D eigenvalue weighted by Crippen LogP contribution is 2.63. The van der Waals surface area contributed by atoms with Crippen LogP contribution in [0.3, 0.4) is 0 Å². The standard InChI is InChI=1S/C19H26O3/c1-18-7-5-12(20)9-11(18)3-4-13-14(18)6-8-19(2)15(13)10-16(21)17(19)22/h3,12-15,20H,4-10H2,1-2H3/t12-,13+,14-,15-,18-,19-/m0/s1/i5D2,9D2,12D. The molecule has 0 saturated heterocycles. The lowest BCUT2D eigenvalue weighted by atomic mass is 9.48. The maximum atomic E-state index is 12.4. The van der Waals surface area contributed by atoms with Crippen LogP contribution < -0.4 is 0 Å². The van der Waals surface area contributed by atoms with Gasteiger partial charge in [-0.05, 0) is 61.6 Å². The molecule has 3 fully saturated rings. The van der Waals surface area contributed by atoms with Crippen LogP contribution >= 0.6 is 0 Å². The Labute approximate surface area is 139 Å². The lowest BCUT2D eigenvalue weighted by Crippen LogP contribution is -2.50. The molecule has 0 amide bonds. The first-order valence-corrected chi connectivity index (χ1v) is 8.21. The highest BCUT2D eigenvalue weighted by molar-refractivity contribution is 6.41. The number of fused-ring (bicyclic) bond motifs is 5. The number of hydrogen-bond acceptors (Lipinski definition) is 3. The van der Waals surface area contributed by atoms with Gasteiger partial charge in [0.15, 0.2) is 5.78 Å². The molecule has 22 heavy (non-hydrogen) atoms. The topological polar surface area (TPSA) is 54.4 Å². The summed E-state index contributed by atoms with van der Waals surface area (Å²) in [5.74, 6) is -0.773. The monoisotopic (exact) mass is 307 g/mol. The molecule has 4 rings (SSSR count). The fraction of sp³-hybridized carbons (Fsp3) is 0.789. The second-order valence-corrected chi connectivity index (χ2v) is 7.89. The van der Waals surface area contributed by atoms with Gasteiger partial charge in [-0.15, -0.1) is 0 Å². The molecular weight excluding hydrogens is 276 g/mol. The number of Topliss-reactive ketones (excluding diaryl/α,β-unsaturated/α-hetero) is 2. The largest absolute Gasteiger partial charge is 0.393 e. The maximum Gasteiger partial charge on any atom is 0.204 e. The summed E-state index contributed by atoms with van der Waals surface area (Å²) in [5.41, 5.74) is -1.20. The van der Waals surface area contributed by atoms with Crippen LogP contribution in [0.15, 0.2) is 11.6 Å². The van der Waals surface area contributed by atoms with Crippen molar-refractivity contribution in [3.8, 4) is 0 Å². The van der Waals surface area contributed by atoms with E-state index in [1.165, 1.54) is 0 Å². The van der Waals surface area contributed by atoms with Gasteiger partial charge in [0.1, 0.15) is 0 Å². The van der Waals surface area contributed by atoms with E-state index in [0.717, 1.165) is 0 Å². The molecule has 0 aromatic rings. The van der Waals surface area contributed by atoms with Gasteiger partial charge in [-0.25, -0.2) is 0 Å². The molecule has 4 aliphatic carbocycles. The van der Waals surface area contributed by atoms with E-state index in [2.05, 4.69) is 0 Å². The summed E-state index contributed by atoms with van der Waals surface area (Å²) in [4.78, 5) is 24.6. The fourth-order valence-electron chi connectivity index (χ4n) is 5.54. The maximum absolute atomic E-state index is 12.4. The molecule has 6 atom stereocenters. The molecular formula is C19H26O3. The SMILES string of the molecule is [2H]C1([2H])C[C@@]2(C)C(=CC[C@@H]3[C@@H]2CC[C@]2(C)C(=O)C(=O)C[C@@H]32)C([2H])([2H])[C@@]1([2H])O. The van der Waals surface area contributed by atoms with Crippen molar-refractivity contribution in [2.75, 3.05) is 0 Å². The number of ketones is 2. The molecule has 3 heteroatoms. The Bertz CT molecular complexity index is 773. The molecule has 0 spiro atoms. The first-order valence-electron chi connectivity index (χ1n) is 10.7. The Morgan fingerprint density at radius 1 is 1.27 bits per heavy atom. The summed E-state index contributed by atoms with van der Waals surface area (Å²) in [7, 11) is 0. The average molecular weight is 307 g/mol. The molecule has 0 unspecified atom stereocenters. The number of carbonyl (C=O) groups excluding carboxylic acids is 2. The summed E-state index contributed by atoms with van der Waals surface area (Å²) >= 11 is 0. The second-order valence-electron chi connectivity index (χ2n) is 7.89. The second kappa shape index (κ2) is 4.53. The van der Waals surface area contributed by atoms with E-state index in [9.17, 15) is 14.7 Å². The normalized spacial score (nSPS) is 62.2. The van der Waals surface area contributed by atoms with Gasteiger partial charge in [-0.3, -0.25) is 9.59 Å². The lowest BCUT2D eigenvalue weighted by molar-refractivity contribution is -0.140. The Morgan fingerprint density at radius 2 is 2.05 bits per heavy atom. The number of rotatable bonds is 0. The molecule has 0 bridgehead atoms. The highest BCUT2D eigenvalue weighted by Gasteiger charge is 2.61. The molecule has 3 saturated carbocycles. The fourth-order valence-corrected chi connectivity index (χ4v) is 5.54. The van der Waals surface area contributed by atoms with Gasteiger partial charge in [0.05, 0.1) is 7.45 Å². The van der Waals surface area contributed by atoms with Crippen molar-refractivity contribution in [2.24, 2.45) is 28.6 Å². The highest BCUT2D eigenvalue weighted by atomic mass is 16.3. The number of aliphatic hydroxyl groups is 1. The Hall–Kier alpha value is -0.960. The minimum atomic E-state index is -2.86. The summed E-state index contributed by atoms with van der Waals surface area (Å²) in [6.07, 6.45) is -4.32. The van der Waals surface area contributed by atoms with Crippen LogP contribution in [-0.4, -0.2) is 22.8 Å². The number of carbonyl (C=O) groups is 2. The van der Waals surface area contributed by atoms with Crippen molar-refractivity contribution < 1.29 is 21.5 Å². The van der Waals surface area contributed by atoms with Crippen LogP contribution in [0.2, 0.25) is 0 Å². The van der Waals surface area contributed by atoms with Gasteiger partial charge in [-0.2, -0.15) is 0 Å². The first kappa shape index (κ1) is 10.0. The van der Waals surface area contributed by atoms with Gasteiger partial charge >= 0.3 is 0 Å². The molecule has 0 heterocycles.